The number of likely N-dealkylation sites (N-methyl/N-ethyl adjacent to an activating group) is 1. The predicted octanol–water partition coefficient (Wildman–Crippen LogP) is 1.97. The Hall–Kier alpha value is -1.63. The van der Waals surface area contributed by atoms with Crippen LogP contribution in [0.15, 0.2) is 24.3 Å². The van der Waals surface area contributed by atoms with E-state index in [1.807, 2.05) is 21.9 Å². The third kappa shape index (κ3) is 4.04. The first-order valence-electron chi connectivity index (χ1n) is 10.1. The summed E-state index contributed by atoms with van der Waals surface area (Å²) in [5, 5.41) is 0.599. The molecular weight excluding hydrogens is 378 g/mol. The Morgan fingerprint density at radius 1 is 1.14 bits per heavy atom. The number of carbonyl (C=O) groups excluding carboxylic acids is 2. The van der Waals surface area contributed by atoms with Gasteiger partial charge in [0.25, 0.3) is 5.91 Å². The van der Waals surface area contributed by atoms with E-state index in [-0.39, 0.29) is 18.2 Å². The van der Waals surface area contributed by atoms with Crippen molar-refractivity contribution in [3.63, 3.8) is 0 Å². The fraction of sp³-hybridized carbons (Fsp3) is 0.619. The summed E-state index contributed by atoms with van der Waals surface area (Å²) < 4.78 is 6.13. The monoisotopic (exact) mass is 405 g/mol. The molecule has 1 aromatic rings. The van der Waals surface area contributed by atoms with Gasteiger partial charge in [0.15, 0.2) is 5.60 Å². The summed E-state index contributed by atoms with van der Waals surface area (Å²) in [7, 11) is 2.06. The van der Waals surface area contributed by atoms with Crippen LogP contribution < -0.4 is 0 Å². The minimum absolute atomic E-state index is 0.0235. The Morgan fingerprint density at radius 2 is 1.82 bits per heavy atom. The van der Waals surface area contributed by atoms with Gasteiger partial charge in [-0.05, 0) is 43.5 Å². The zero-order valence-electron chi connectivity index (χ0n) is 16.4. The molecule has 3 fully saturated rings. The quantitative estimate of drug-likeness (QED) is 0.751. The predicted molar refractivity (Wildman–Crippen MR) is 107 cm³/mol. The molecule has 3 aliphatic rings. The molecule has 152 valence electrons. The second-order valence-corrected chi connectivity index (χ2v) is 8.67. The summed E-state index contributed by atoms with van der Waals surface area (Å²) in [6.07, 6.45) is 2.40. The van der Waals surface area contributed by atoms with Crippen molar-refractivity contribution < 1.29 is 14.3 Å². The van der Waals surface area contributed by atoms with E-state index in [0.29, 0.717) is 42.7 Å². The SMILES string of the molecule is CN1CCN(C(=O)CC2(c3ccc(Cl)cc3)OCCN(CC3CC3)C2=O)CC1. The molecule has 1 aliphatic carbocycles. The third-order valence-electron chi connectivity index (χ3n) is 6.08. The zero-order chi connectivity index (χ0) is 19.7. The van der Waals surface area contributed by atoms with Gasteiger partial charge < -0.3 is 19.4 Å². The topological polar surface area (TPSA) is 53.1 Å². The maximum Gasteiger partial charge on any atom is 0.260 e. The molecule has 28 heavy (non-hydrogen) atoms. The molecular formula is C21H28ClN3O3. The van der Waals surface area contributed by atoms with Crippen molar-refractivity contribution >= 4 is 23.4 Å². The van der Waals surface area contributed by atoms with Crippen molar-refractivity contribution in [3.8, 4) is 0 Å². The van der Waals surface area contributed by atoms with Crippen LogP contribution in [0.5, 0.6) is 0 Å². The molecule has 1 unspecified atom stereocenters. The molecule has 4 rings (SSSR count). The van der Waals surface area contributed by atoms with E-state index in [2.05, 4.69) is 11.9 Å². The Bertz CT molecular complexity index is 729. The highest BCUT2D eigenvalue weighted by Crippen LogP contribution is 2.38. The van der Waals surface area contributed by atoms with Crippen LogP contribution in [-0.2, 0) is 19.9 Å². The summed E-state index contributed by atoms with van der Waals surface area (Å²) in [4.78, 5) is 32.6. The Kier molecular flexibility index (Phi) is 5.63. The lowest BCUT2D eigenvalue weighted by atomic mass is 9.86. The number of morpholine rings is 1. The van der Waals surface area contributed by atoms with Crippen LogP contribution in [0.3, 0.4) is 0 Å². The molecule has 0 spiro atoms. The number of hydrogen-bond donors (Lipinski definition) is 0. The van der Waals surface area contributed by atoms with Gasteiger partial charge in [-0.3, -0.25) is 9.59 Å². The largest absolute Gasteiger partial charge is 0.358 e. The van der Waals surface area contributed by atoms with Gasteiger partial charge in [-0.15, -0.1) is 0 Å². The van der Waals surface area contributed by atoms with E-state index >= 15 is 0 Å². The number of piperazine rings is 1. The number of halogens is 1. The van der Waals surface area contributed by atoms with Crippen LogP contribution in [0, 0.1) is 5.92 Å². The van der Waals surface area contributed by atoms with Crippen LogP contribution in [0.25, 0.3) is 0 Å². The number of carbonyl (C=O) groups is 2. The molecule has 2 saturated heterocycles. The lowest BCUT2D eigenvalue weighted by Gasteiger charge is -2.43. The molecule has 0 bridgehead atoms. The van der Waals surface area contributed by atoms with Gasteiger partial charge in [0.05, 0.1) is 13.0 Å². The maximum absolute atomic E-state index is 13.6. The molecule has 0 N–H and O–H groups in total. The van der Waals surface area contributed by atoms with Gasteiger partial charge in [-0.25, -0.2) is 0 Å². The highest BCUT2D eigenvalue weighted by Gasteiger charge is 2.49. The number of amides is 2. The van der Waals surface area contributed by atoms with E-state index in [4.69, 9.17) is 16.3 Å². The minimum atomic E-state index is -1.25. The molecule has 6 nitrogen and oxygen atoms in total. The standard InChI is InChI=1S/C21H28ClN3O3/c1-23-8-10-24(11-9-23)19(26)14-21(17-4-6-18(22)7-5-17)20(27)25(12-13-28-21)15-16-2-3-16/h4-7,16H,2-3,8-15H2,1H3. The van der Waals surface area contributed by atoms with Crippen molar-refractivity contribution in [3.05, 3.63) is 34.9 Å². The average Bonchev–Trinajstić information content (AvgIpc) is 3.50. The summed E-state index contributed by atoms with van der Waals surface area (Å²) in [6, 6.07) is 7.15. The maximum atomic E-state index is 13.6. The third-order valence-corrected chi connectivity index (χ3v) is 6.34. The second kappa shape index (κ2) is 8.01. The Balaban J connectivity index is 1.60. The fourth-order valence-corrected chi connectivity index (χ4v) is 4.20. The first-order valence-corrected chi connectivity index (χ1v) is 10.5. The molecule has 1 saturated carbocycles. The highest BCUT2D eigenvalue weighted by molar-refractivity contribution is 6.30. The van der Waals surface area contributed by atoms with E-state index in [9.17, 15) is 9.59 Å². The highest BCUT2D eigenvalue weighted by atomic mass is 35.5. The molecule has 7 heteroatoms. The summed E-state index contributed by atoms with van der Waals surface area (Å²) in [6.45, 7) is 4.87. The van der Waals surface area contributed by atoms with Gasteiger partial charge in [0, 0.05) is 44.3 Å². The van der Waals surface area contributed by atoms with E-state index in [0.717, 1.165) is 19.6 Å². The lowest BCUT2D eigenvalue weighted by molar-refractivity contribution is -0.179. The molecule has 2 aliphatic heterocycles. The van der Waals surface area contributed by atoms with Crippen molar-refractivity contribution in [2.24, 2.45) is 5.92 Å². The molecule has 0 radical (unpaired) electrons. The normalized spacial score (nSPS) is 26.6. The molecule has 2 amide bonds. The number of nitrogens with zero attached hydrogens (tertiary/aromatic N) is 3. The lowest BCUT2D eigenvalue weighted by Crippen LogP contribution is -2.57. The Morgan fingerprint density at radius 3 is 2.46 bits per heavy atom. The Labute approximate surface area is 171 Å². The molecule has 0 aromatic heterocycles. The number of benzene rings is 1. The first kappa shape index (κ1) is 19.7. The van der Waals surface area contributed by atoms with Crippen molar-refractivity contribution in [1.29, 1.82) is 0 Å². The van der Waals surface area contributed by atoms with Crippen LogP contribution in [0.4, 0.5) is 0 Å². The average molecular weight is 406 g/mol. The van der Waals surface area contributed by atoms with Gasteiger partial charge in [-0.2, -0.15) is 0 Å². The molecule has 1 aromatic carbocycles. The van der Waals surface area contributed by atoms with E-state index < -0.39 is 5.60 Å². The van der Waals surface area contributed by atoms with Gasteiger partial charge in [-0.1, -0.05) is 23.7 Å². The number of rotatable bonds is 5. The van der Waals surface area contributed by atoms with Crippen LogP contribution in [-0.4, -0.2) is 79.4 Å². The minimum Gasteiger partial charge on any atom is -0.358 e. The summed E-state index contributed by atoms with van der Waals surface area (Å²) >= 11 is 6.06. The second-order valence-electron chi connectivity index (χ2n) is 8.24. The van der Waals surface area contributed by atoms with Gasteiger partial charge >= 0.3 is 0 Å². The van der Waals surface area contributed by atoms with Crippen molar-refractivity contribution in [1.82, 2.24) is 14.7 Å². The molecule has 2 heterocycles. The first-order chi connectivity index (χ1) is 13.5. The van der Waals surface area contributed by atoms with Gasteiger partial charge in [0.1, 0.15) is 0 Å². The zero-order valence-corrected chi connectivity index (χ0v) is 17.2. The van der Waals surface area contributed by atoms with E-state index in [1.165, 1.54) is 12.8 Å². The number of ether oxygens (including phenoxy) is 1. The fourth-order valence-electron chi connectivity index (χ4n) is 4.07. The van der Waals surface area contributed by atoms with Crippen molar-refractivity contribution in [2.75, 3.05) is 52.9 Å². The summed E-state index contributed by atoms with van der Waals surface area (Å²) in [5.74, 6) is 0.485. The summed E-state index contributed by atoms with van der Waals surface area (Å²) in [5.41, 5.74) is -0.539. The van der Waals surface area contributed by atoms with Gasteiger partial charge in [0.2, 0.25) is 5.91 Å². The smallest absolute Gasteiger partial charge is 0.260 e. The van der Waals surface area contributed by atoms with Crippen LogP contribution >= 0.6 is 11.6 Å². The van der Waals surface area contributed by atoms with Crippen LogP contribution in [0.1, 0.15) is 24.8 Å². The number of hydrogen-bond acceptors (Lipinski definition) is 4. The van der Waals surface area contributed by atoms with E-state index in [1.54, 1.807) is 12.1 Å². The molecule has 1 atom stereocenters. The van der Waals surface area contributed by atoms with Crippen LogP contribution in [0.2, 0.25) is 5.02 Å². The van der Waals surface area contributed by atoms with Crippen molar-refractivity contribution in [2.45, 2.75) is 24.9 Å².